The van der Waals surface area contributed by atoms with Gasteiger partial charge in [0.15, 0.2) is 0 Å². The second-order valence-corrected chi connectivity index (χ2v) is 6.23. The van der Waals surface area contributed by atoms with Gasteiger partial charge in [-0.05, 0) is 31.8 Å². The number of piperazine rings is 1. The molecule has 5 nitrogen and oxygen atoms in total. The third kappa shape index (κ3) is 4.72. The SMILES string of the molecule is CCN1CCN(CC(C)CNC(=O)[C@@H]2CCCN2)CC1. The van der Waals surface area contributed by atoms with E-state index in [0.29, 0.717) is 5.92 Å². The number of rotatable bonds is 6. The predicted octanol–water partition coefficient (Wildman–Crippen LogP) is 0.128. The van der Waals surface area contributed by atoms with Crippen molar-refractivity contribution in [3.8, 4) is 0 Å². The Bertz CT molecular complexity index is 296. The molecule has 20 heavy (non-hydrogen) atoms. The minimum Gasteiger partial charge on any atom is -0.354 e. The molecule has 2 N–H and O–H groups in total. The maximum absolute atomic E-state index is 11.9. The van der Waals surface area contributed by atoms with Crippen LogP contribution in [0.4, 0.5) is 0 Å². The van der Waals surface area contributed by atoms with Crippen molar-refractivity contribution >= 4 is 5.91 Å². The van der Waals surface area contributed by atoms with Crippen LogP contribution in [-0.2, 0) is 4.79 Å². The van der Waals surface area contributed by atoms with E-state index in [4.69, 9.17) is 0 Å². The molecule has 2 aliphatic rings. The Morgan fingerprint density at radius 1 is 1.30 bits per heavy atom. The fraction of sp³-hybridized carbons (Fsp3) is 0.933. The van der Waals surface area contributed by atoms with Gasteiger partial charge < -0.3 is 20.4 Å². The molecule has 1 amide bonds. The summed E-state index contributed by atoms with van der Waals surface area (Å²) in [4.78, 5) is 16.9. The van der Waals surface area contributed by atoms with E-state index < -0.39 is 0 Å². The molecule has 5 heteroatoms. The Kier molecular flexibility index (Phi) is 6.26. The fourth-order valence-corrected chi connectivity index (χ4v) is 3.10. The van der Waals surface area contributed by atoms with Crippen molar-refractivity contribution in [1.82, 2.24) is 20.4 Å². The average molecular weight is 282 g/mol. The first-order chi connectivity index (χ1) is 9.69. The molecule has 0 bridgehead atoms. The summed E-state index contributed by atoms with van der Waals surface area (Å²) in [5, 5.41) is 6.34. The van der Waals surface area contributed by atoms with Crippen LogP contribution in [0.2, 0.25) is 0 Å². The Morgan fingerprint density at radius 2 is 2.00 bits per heavy atom. The zero-order valence-electron chi connectivity index (χ0n) is 13.0. The molecular formula is C15H30N4O. The molecule has 2 aliphatic heterocycles. The minimum absolute atomic E-state index is 0.0512. The molecule has 2 atom stereocenters. The smallest absolute Gasteiger partial charge is 0.237 e. The first-order valence-electron chi connectivity index (χ1n) is 8.15. The van der Waals surface area contributed by atoms with Gasteiger partial charge in [0.25, 0.3) is 0 Å². The van der Waals surface area contributed by atoms with Crippen LogP contribution in [-0.4, -0.2) is 74.1 Å². The Balaban J connectivity index is 1.60. The minimum atomic E-state index is 0.0512. The molecule has 0 aromatic heterocycles. The van der Waals surface area contributed by atoms with Gasteiger partial charge in [-0.3, -0.25) is 4.79 Å². The number of hydrogen-bond donors (Lipinski definition) is 2. The maximum Gasteiger partial charge on any atom is 0.237 e. The molecule has 2 saturated heterocycles. The van der Waals surface area contributed by atoms with Gasteiger partial charge in [0.2, 0.25) is 5.91 Å². The highest BCUT2D eigenvalue weighted by Gasteiger charge is 2.22. The van der Waals surface area contributed by atoms with Crippen molar-refractivity contribution < 1.29 is 4.79 Å². The van der Waals surface area contributed by atoms with Gasteiger partial charge in [0.05, 0.1) is 6.04 Å². The highest BCUT2D eigenvalue weighted by atomic mass is 16.2. The van der Waals surface area contributed by atoms with Gasteiger partial charge in [-0.2, -0.15) is 0 Å². The lowest BCUT2D eigenvalue weighted by Crippen LogP contribution is -2.48. The lowest BCUT2D eigenvalue weighted by molar-refractivity contribution is -0.123. The van der Waals surface area contributed by atoms with Gasteiger partial charge in [-0.15, -0.1) is 0 Å². The largest absolute Gasteiger partial charge is 0.354 e. The third-order valence-electron chi connectivity index (χ3n) is 4.48. The first-order valence-corrected chi connectivity index (χ1v) is 8.15. The van der Waals surface area contributed by atoms with Gasteiger partial charge in [0, 0.05) is 39.3 Å². The van der Waals surface area contributed by atoms with Crippen molar-refractivity contribution in [2.24, 2.45) is 5.92 Å². The molecule has 116 valence electrons. The second kappa shape index (κ2) is 7.96. The number of nitrogens with one attached hydrogen (secondary N) is 2. The first kappa shape index (κ1) is 15.7. The summed E-state index contributed by atoms with van der Waals surface area (Å²) in [6.45, 7) is 13.2. The Hall–Kier alpha value is -0.650. The monoisotopic (exact) mass is 282 g/mol. The topological polar surface area (TPSA) is 47.6 Å². The molecule has 2 heterocycles. The third-order valence-corrected chi connectivity index (χ3v) is 4.48. The molecule has 0 aliphatic carbocycles. The van der Waals surface area contributed by atoms with Gasteiger partial charge in [-0.1, -0.05) is 13.8 Å². The molecule has 0 radical (unpaired) electrons. The molecule has 1 unspecified atom stereocenters. The standard InChI is InChI=1S/C15H30N4O/c1-3-18-7-9-19(10-8-18)12-13(2)11-17-15(20)14-5-4-6-16-14/h13-14,16H,3-12H2,1-2H3,(H,17,20)/t13?,14-/m0/s1. The summed E-state index contributed by atoms with van der Waals surface area (Å²) in [5.74, 6) is 0.707. The molecule has 2 rings (SSSR count). The normalized spacial score (nSPS) is 26.6. The van der Waals surface area contributed by atoms with E-state index in [2.05, 4.69) is 34.3 Å². The molecular weight excluding hydrogens is 252 g/mol. The van der Waals surface area contributed by atoms with Crippen molar-refractivity contribution in [1.29, 1.82) is 0 Å². The second-order valence-electron chi connectivity index (χ2n) is 6.23. The van der Waals surface area contributed by atoms with Crippen LogP contribution in [0.3, 0.4) is 0 Å². The van der Waals surface area contributed by atoms with Crippen LogP contribution in [0.5, 0.6) is 0 Å². The van der Waals surface area contributed by atoms with Crippen molar-refractivity contribution in [2.45, 2.75) is 32.7 Å². The van der Waals surface area contributed by atoms with Crippen molar-refractivity contribution in [2.75, 3.05) is 52.4 Å². The lowest BCUT2D eigenvalue weighted by atomic mass is 10.1. The summed E-state index contributed by atoms with van der Waals surface area (Å²) in [6, 6.07) is 0.0512. The van der Waals surface area contributed by atoms with E-state index in [9.17, 15) is 4.79 Å². The fourth-order valence-electron chi connectivity index (χ4n) is 3.10. The van der Waals surface area contributed by atoms with E-state index >= 15 is 0 Å². The van der Waals surface area contributed by atoms with Gasteiger partial charge in [0.1, 0.15) is 0 Å². The van der Waals surface area contributed by atoms with Crippen LogP contribution in [0.25, 0.3) is 0 Å². The molecule has 0 aromatic rings. The molecule has 0 aromatic carbocycles. The Morgan fingerprint density at radius 3 is 2.60 bits per heavy atom. The summed E-state index contributed by atoms with van der Waals surface area (Å²) < 4.78 is 0. The van der Waals surface area contributed by atoms with E-state index in [1.807, 2.05) is 0 Å². The van der Waals surface area contributed by atoms with Crippen LogP contribution in [0, 0.1) is 5.92 Å². The Labute approximate surface area is 123 Å². The molecule has 0 saturated carbocycles. The van der Waals surface area contributed by atoms with Crippen LogP contribution >= 0.6 is 0 Å². The van der Waals surface area contributed by atoms with E-state index in [1.165, 1.54) is 13.1 Å². The highest BCUT2D eigenvalue weighted by molar-refractivity contribution is 5.81. The number of carbonyl (C=O) groups is 1. The summed E-state index contributed by atoms with van der Waals surface area (Å²) >= 11 is 0. The van der Waals surface area contributed by atoms with Gasteiger partial charge >= 0.3 is 0 Å². The average Bonchev–Trinajstić information content (AvgIpc) is 3.00. The number of likely N-dealkylation sites (N-methyl/N-ethyl adjacent to an activating group) is 1. The number of nitrogens with zero attached hydrogens (tertiary/aromatic N) is 2. The quantitative estimate of drug-likeness (QED) is 0.727. The van der Waals surface area contributed by atoms with Crippen molar-refractivity contribution in [3.05, 3.63) is 0 Å². The highest BCUT2D eigenvalue weighted by Crippen LogP contribution is 2.07. The van der Waals surface area contributed by atoms with Gasteiger partial charge in [-0.25, -0.2) is 0 Å². The number of hydrogen-bond acceptors (Lipinski definition) is 4. The summed E-state index contributed by atoms with van der Waals surface area (Å²) in [5.41, 5.74) is 0. The zero-order valence-corrected chi connectivity index (χ0v) is 13.0. The predicted molar refractivity (Wildman–Crippen MR) is 81.8 cm³/mol. The van der Waals surface area contributed by atoms with Crippen LogP contribution in [0.15, 0.2) is 0 Å². The molecule has 0 spiro atoms. The number of amides is 1. The zero-order chi connectivity index (χ0) is 14.4. The van der Waals surface area contributed by atoms with E-state index in [0.717, 1.165) is 52.1 Å². The van der Waals surface area contributed by atoms with Crippen LogP contribution < -0.4 is 10.6 Å². The van der Waals surface area contributed by atoms with Crippen molar-refractivity contribution in [3.63, 3.8) is 0 Å². The number of carbonyl (C=O) groups excluding carboxylic acids is 1. The summed E-state index contributed by atoms with van der Waals surface area (Å²) in [6.07, 6.45) is 2.11. The van der Waals surface area contributed by atoms with E-state index in [1.54, 1.807) is 0 Å². The maximum atomic E-state index is 11.9. The van der Waals surface area contributed by atoms with E-state index in [-0.39, 0.29) is 11.9 Å². The van der Waals surface area contributed by atoms with Crippen LogP contribution in [0.1, 0.15) is 26.7 Å². The summed E-state index contributed by atoms with van der Waals surface area (Å²) in [7, 11) is 0. The molecule has 2 fully saturated rings. The lowest BCUT2D eigenvalue weighted by Gasteiger charge is -2.35.